The van der Waals surface area contributed by atoms with Gasteiger partial charge in [-0.15, -0.1) is 0 Å². The Kier molecular flexibility index (Phi) is 4.34. The second-order valence-electron chi connectivity index (χ2n) is 7.03. The highest BCUT2D eigenvalue weighted by Crippen LogP contribution is 2.49. The zero-order chi connectivity index (χ0) is 17.3. The van der Waals surface area contributed by atoms with Crippen LogP contribution in [0.25, 0.3) is 0 Å². The highest BCUT2D eigenvalue weighted by molar-refractivity contribution is 6.02. The second kappa shape index (κ2) is 6.64. The molecule has 2 fully saturated rings. The molecule has 1 aromatic rings. The zero-order valence-corrected chi connectivity index (χ0v) is 14.4. The number of ether oxygens (including phenoxy) is 1. The van der Waals surface area contributed by atoms with E-state index in [1.165, 1.54) is 0 Å². The monoisotopic (exact) mass is 340 g/mol. The van der Waals surface area contributed by atoms with E-state index in [9.17, 15) is 9.59 Å². The molecule has 0 aromatic heterocycles. The van der Waals surface area contributed by atoms with Gasteiger partial charge >= 0.3 is 0 Å². The Morgan fingerprint density at radius 3 is 2.60 bits per heavy atom. The van der Waals surface area contributed by atoms with Crippen LogP contribution in [0.1, 0.15) is 32.1 Å². The molecule has 1 unspecified atom stereocenters. The van der Waals surface area contributed by atoms with Crippen molar-refractivity contribution in [2.75, 3.05) is 31.2 Å². The number of nitrogens with zero attached hydrogens (tertiary/aromatic N) is 2. The molecule has 0 bridgehead atoms. The molecular weight excluding hydrogens is 316 g/mol. The summed E-state index contributed by atoms with van der Waals surface area (Å²) in [6.07, 6.45) is 5.90. The number of morpholine rings is 1. The SMILES string of the molecule is O=C1CCC2(C(=O)N3CCOCC3)CCCC=C2N1c1ccccc1. The maximum atomic E-state index is 13.5. The number of hydrogen-bond donors (Lipinski definition) is 0. The van der Waals surface area contributed by atoms with E-state index in [4.69, 9.17) is 4.74 Å². The third kappa shape index (κ3) is 2.76. The number of carbonyl (C=O) groups excluding carboxylic acids is 2. The minimum atomic E-state index is -0.556. The van der Waals surface area contributed by atoms with Gasteiger partial charge in [-0.05, 0) is 37.8 Å². The lowest BCUT2D eigenvalue weighted by Gasteiger charge is -2.48. The van der Waals surface area contributed by atoms with Crippen LogP contribution < -0.4 is 4.90 Å². The average molecular weight is 340 g/mol. The van der Waals surface area contributed by atoms with Crippen LogP contribution in [0.5, 0.6) is 0 Å². The number of allylic oxidation sites excluding steroid dienone is 1. The first-order valence-corrected chi connectivity index (χ1v) is 9.18. The van der Waals surface area contributed by atoms with Crippen molar-refractivity contribution in [2.24, 2.45) is 5.41 Å². The van der Waals surface area contributed by atoms with E-state index in [0.717, 1.165) is 30.6 Å². The fourth-order valence-corrected chi connectivity index (χ4v) is 4.34. The number of anilines is 1. The van der Waals surface area contributed by atoms with Crippen molar-refractivity contribution in [2.45, 2.75) is 32.1 Å². The highest BCUT2D eigenvalue weighted by atomic mass is 16.5. The van der Waals surface area contributed by atoms with Gasteiger partial charge in [0, 0.05) is 30.9 Å². The van der Waals surface area contributed by atoms with Crippen molar-refractivity contribution < 1.29 is 14.3 Å². The molecule has 25 heavy (non-hydrogen) atoms. The van der Waals surface area contributed by atoms with Crippen molar-refractivity contribution in [1.29, 1.82) is 0 Å². The number of piperidine rings is 1. The van der Waals surface area contributed by atoms with Gasteiger partial charge in [0.25, 0.3) is 0 Å². The molecule has 2 saturated heterocycles. The lowest BCUT2D eigenvalue weighted by atomic mass is 9.68. The third-order valence-corrected chi connectivity index (χ3v) is 5.61. The molecule has 5 heteroatoms. The first-order valence-electron chi connectivity index (χ1n) is 9.18. The van der Waals surface area contributed by atoms with Crippen LogP contribution in [0.15, 0.2) is 42.1 Å². The summed E-state index contributed by atoms with van der Waals surface area (Å²) in [7, 11) is 0. The van der Waals surface area contributed by atoms with Crippen LogP contribution in [-0.4, -0.2) is 43.0 Å². The number of para-hydroxylation sites is 1. The Bertz CT molecular complexity index is 694. The number of benzene rings is 1. The molecule has 2 aliphatic heterocycles. The van der Waals surface area contributed by atoms with E-state index in [-0.39, 0.29) is 11.8 Å². The van der Waals surface area contributed by atoms with Gasteiger partial charge in [-0.2, -0.15) is 0 Å². The summed E-state index contributed by atoms with van der Waals surface area (Å²) in [6, 6.07) is 9.71. The highest BCUT2D eigenvalue weighted by Gasteiger charge is 2.51. The van der Waals surface area contributed by atoms with Gasteiger partial charge < -0.3 is 9.64 Å². The number of amides is 2. The van der Waals surface area contributed by atoms with E-state index in [1.807, 2.05) is 35.2 Å². The molecular formula is C20H24N2O3. The minimum Gasteiger partial charge on any atom is -0.378 e. The molecule has 1 atom stereocenters. The molecule has 1 aliphatic carbocycles. The largest absolute Gasteiger partial charge is 0.378 e. The van der Waals surface area contributed by atoms with Crippen LogP contribution in [0.2, 0.25) is 0 Å². The van der Waals surface area contributed by atoms with Gasteiger partial charge in [0.1, 0.15) is 0 Å². The molecule has 2 amide bonds. The van der Waals surface area contributed by atoms with Crippen LogP contribution in [-0.2, 0) is 14.3 Å². The van der Waals surface area contributed by atoms with Gasteiger partial charge in [-0.1, -0.05) is 24.3 Å². The van der Waals surface area contributed by atoms with Gasteiger partial charge in [0.05, 0.1) is 18.6 Å². The minimum absolute atomic E-state index is 0.0877. The second-order valence-corrected chi connectivity index (χ2v) is 7.03. The van der Waals surface area contributed by atoms with Crippen LogP contribution in [0, 0.1) is 5.41 Å². The summed E-state index contributed by atoms with van der Waals surface area (Å²) in [5.41, 5.74) is 1.21. The van der Waals surface area contributed by atoms with Gasteiger partial charge in [0.15, 0.2) is 0 Å². The standard InChI is InChI=1S/C20H24N2O3/c23-18-9-11-20(19(24)21-12-14-25-15-13-21)10-5-4-8-17(20)22(18)16-6-2-1-3-7-16/h1-3,6-8H,4-5,9-15H2. The van der Waals surface area contributed by atoms with Gasteiger partial charge in [-0.3, -0.25) is 14.5 Å². The Balaban J connectivity index is 1.73. The van der Waals surface area contributed by atoms with Crippen molar-refractivity contribution in [3.8, 4) is 0 Å². The molecule has 5 nitrogen and oxygen atoms in total. The normalized spacial score (nSPS) is 26.9. The molecule has 0 N–H and O–H groups in total. The maximum Gasteiger partial charge on any atom is 0.234 e. The number of carbonyl (C=O) groups is 2. The Morgan fingerprint density at radius 2 is 1.84 bits per heavy atom. The van der Waals surface area contributed by atoms with Gasteiger partial charge in [0.2, 0.25) is 11.8 Å². The van der Waals surface area contributed by atoms with Crippen molar-refractivity contribution in [3.05, 3.63) is 42.1 Å². The summed E-state index contributed by atoms with van der Waals surface area (Å²) in [6.45, 7) is 2.49. The maximum absolute atomic E-state index is 13.5. The summed E-state index contributed by atoms with van der Waals surface area (Å²) < 4.78 is 5.41. The quantitative estimate of drug-likeness (QED) is 0.832. The molecule has 1 aromatic carbocycles. The molecule has 132 valence electrons. The summed E-state index contributed by atoms with van der Waals surface area (Å²) >= 11 is 0. The first kappa shape index (κ1) is 16.3. The molecule has 0 saturated carbocycles. The predicted octanol–water partition coefficient (Wildman–Crippen LogP) is 2.73. The fraction of sp³-hybridized carbons (Fsp3) is 0.500. The van der Waals surface area contributed by atoms with E-state index in [2.05, 4.69) is 6.08 Å². The number of fused-ring (bicyclic) bond motifs is 1. The van der Waals surface area contributed by atoms with E-state index in [0.29, 0.717) is 39.1 Å². The predicted molar refractivity (Wildman–Crippen MR) is 94.9 cm³/mol. The molecule has 3 aliphatic rings. The van der Waals surface area contributed by atoms with Crippen LogP contribution in [0.3, 0.4) is 0 Å². The average Bonchev–Trinajstić information content (AvgIpc) is 2.69. The van der Waals surface area contributed by atoms with Crippen molar-refractivity contribution in [3.63, 3.8) is 0 Å². The molecule has 4 rings (SSSR count). The summed E-state index contributed by atoms with van der Waals surface area (Å²) in [5, 5.41) is 0. The Morgan fingerprint density at radius 1 is 1.08 bits per heavy atom. The number of rotatable bonds is 2. The zero-order valence-electron chi connectivity index (χ0n) is 14.4. The Labute approximate surface area is 148 Å². The summed E-state index contributed by atoms with van der Waals surface area (Å²) in [4.78, 5) is 29.9. The van der Waals surface area contributed by atoms with E-state index in [1.54, 1.807) is 4.90 Å². The lowest BCUT2D eigenvalue weighted by molar-refractivity contribution is -0.146. The first-order chi connectivity index (χ1) is 12.2. The van der Waals surface area contributed by atoms with E-state index >= 15 is 0 Å². The lowest BCUT2D eigenvalue weighted by Crippen LogP contribution is -2.56. The van der Waals surface area contributed by atoms with Crippen molar-refractivity contribution in [1.82, 2.24) is 4.90 Å². The van der Waals surface area contributed by atoms with Crippen molar-refractivity contribution >= 4 is 17.5 Å². The van der Waals surface area contributed by atoms with Crippen LogP contribution >= 0.6 is 0 Å². The fourth-order valence-electron chi connectivity index (χ4n) is 4.34. The Hall–Kier alpha value is -2.14. The molecule has 0 radical (unpaired) electrons. The third-order valence-electron chi connectivity index (χ3n) is 5.61. The smallest absolute Gasteiger partial charge is 0.234 e. The van der Waals surface area contributed by atoms with Crippen LogP contribution in [0.4, 0.5) is 5.69 Å². The number of hydrogen-bond acceptors (Lipinski definition) is 3. The van der Waals surface area contributed by atoms with E-state index < -0.39 is 5.41 Å². The van der Waals surface area contributed by atoms with Gasteiger partial charge in [-0.25, -0.2) is 0 Å². The summed E-state index contributed by atoms with van der Waals surface area (Å²) in [5.74, 6) is 0.264. The topological polar surface area (TPSA) is 49.9 Å². The molecule has 0 spiro atoms. The molecule has 2 heterocycles.